The van der Waals surface area contributed by atoms with Crippen molar-refractivity contribution in [2.75, 3.05) is 26.0 Å². The molecule has 0 saturated heterocycles. The predicted octanol–water partition coefficient (Wildman–Crippen LogP) is 0.810. The highest BCUT2D eigenvalue weighted by Crippen LogP contribution is 2.24. The van der Waals surface area contributed by atoms with Gasteiger partial charge in [0.15, 0.2) is 0 Å². The van der Waals surface area contributed by atoms with Gasteiger partial charge in [0.1, 0.15) is 0 Å². The van der Waals surface area contributed by atoms with E-state index in [0.29, 0.717) is 23.4 Å². The molecule has 0 unspecified atom stereocenters. The van der Waals surface area contributed by atoms with E-state index >= 15 is 0 Å². The molecule has 1 aromatic carbocycles. The van der Waals surface area contributed by atoms with E-state index in [9.17, 15) is 8.42 Å². The molecule has 17 heavy (non-hydrogen) atoms. The fourth-order valence-corrected chi connectivity index (χ4v) is 3.12. The van der Waals surface area contributed by atoms with Crippen LogP contribution in [-0.2, 0) is 14.8 Å². The summed E-state index contributed by atoms with van der Waals surface area (Å²) in [5.41, 5.74) is 7.46. The quantitative estimate of drug-likeness (QED) is 0.605. The summed E-state index contributed by atoms with van der Waals surface area (Å²) in [5.74, 6) is 0. The molecule has 6 heteroatoms. The SMILES string of the molecule is COCCNS(=O)(=O)c1c(C)ccc(N)c1C. The molecule has 96 valence electrons. The van der Waals surface area contributed by atoms with Gasteiger partial charge in [-0.25, -0.2) is 13.1 Å². The zero-order valence-corrected chi connectivity index (χ0v) is 11.1. The number of nitrogen functional groups attached to an aromatic ring is 1. The molecule has 0 bridgehead atoms. The van der Waals surface area contributed by atoms with Crippen LogP contribution in [0.3, 0.4) is 0 Å². The molecule has 0 aliphatic rings. The van der Waals surface area contributed by atoms with Crippen molar-refractivity contribution in [3.05, 3.63) is 23.3 Å². The summed E-state index contributed by atoms with van der Waals surface area (Å²) in [6.07, 6.45) is 0. The molecule has 0 amide bonds. The van der Waals surface area contributed by atoms with Gasteiger partial charge in [-0.05, 0) is 31.0 Å². The average molecular weight is 258 g/mol. The third-order valence-corrected chi connectivity index (χ3v) is 4.26. The Morgan fingerprint density at radius 1 is 1.35 bits per heavy atom. The largest absolute Gasteiger partial charge is 0.398 e. The van der Waals surface area contributed by atoms with Crippen LogP contribution in [0.5, 0.6) is 0 Å². The molecule has 1 aromatic rings. The summed E-state index contributed by atoms with van der Waals surface area (Å²) >= 11 is 0. The van der Waals surface area contributed by atoms with E-state index in [2.05, 4.69) is 4.72 Å². The van der Waals surface area contributed by atoms with Crippen LogP contribution in [0.15, 0.2) is 17.0 Å². The topological polar surface area (TPSA) is 81.4 Å². The fourth-order valence-electron chi connectivity index (χ4n) is 1.61. The number of ether oxygens (including phenoxy) is 1. The maximum absolute atomic E-state index is 12.1. The minimum atomic E-state index is -3.53. The van der Waals surface area contributed by atoms with Crippen molar-refractivity contribution >= 4 is 15.7 Å². The van der Waals surface area contributed by atoms with Crippen LogP contribution in [0, 0.1) is 13.8 Å². The van der Waals surface area contributed by atoms with Crippen LogP contribution in [0.1, 0.15) is 11.1 Å². The van der Waals surface area contributed by atoms with Crippen LogP contribution >= 0.6 is 0 Å². The molecule has 0 atom stereocenters. The normalized spacial score (nSPS) is 11.7. The van der Waals surface area contributed by atoms with E-state index in [1.54, 1.807) is 26.0 Å². The molecule has 0 spiro atoms. The number of hydrogen-bond donors (Lipinski definition) is 2. The Balaban J connectivity index is 3.11. The van der Waals surface area contributed by atoms with Gasteiger partial charge in [-0.15, -0.1) is 0 Å². The van der Waals surface area contributed by atoms with Crippen LogP contribution in [0.2, 0.25) is 0 Å². The number of nitrogens with two attached hydrogens (primary N) is 1. The first-order chi connectivity index (χ1) is 7.90. The summed E-state index contributed by atoms with van der Waals surface area (Å²) in [4.78, 5) is 0.258. The first kappa shape index (κ1) is 14.0. The van der Waals surface area contributed by atoms with Gasteiger partial charge in [-0.3, -0.25) is 0 Å². The number of aryl methyl sites for hydroxylation is 1. The van der Waals surface area contributed by atoms with Crippen LogP contribution in [0.25, 0.3) is 0 Å². The van der Waals surface area contributed by atoms with Crippen molar-refractivity contribution in [3.8, 4) is 0 Å². The summed E-state index contributed by atoms with van der Waals surface area (Å²) in [5, 5.41) is 0. The third-order valence-electron chi connectivity index (χ3n) is 2.51. The molecule has 0 heterocycles. The molecule has 0 fully saturated rings. The van der Waals surface area contributed by atoms with E-state index < -0.39 is 10.0 Å². The number of benzene rings is 1. The number of rotatable bonds is 5. The second-order valence-corrected chi connectivity index (χ2v) is 5.52. The van der Waals surface area contributed by atoms with Gasteiger partial charge in [0.25, 0.3) is 0 Å². The summed E-state index contributed by atoms with van der Waals surface area (Å²) < 4.78 is 31.4. The lowest BCUT2D eigenvalue weighted by atomic mass is 10.1. The molecular formula is C11H18N2O3S. The van der Waals surface area contributed by atoms with E-state index in [0.717, 1.165) is 0 Å². The predicted molar refractivity (Wildman–Crippen MR) is 67.4 cm³/mol. The molecule has 5 nitrogen and oxygen atoms in total. The van der Waals surface area contributed by atoms with Gasteiger partial charge in [0.05, 0.1) is 11.5 Å². The second kappa shape index (κ2) is 5.48. The lowest BCUT2D eigenvalue weighted by Gasteiger charge is -2.13. The molecular weight excluding hydrogens is 240 g/mol. The molecule has 0 aliphatic carbocycles. The third kappa shape index (κ3) is 3.18. The van der Waals surface area contributed by atoms with Gasteiger partial charge in [-0.2, -0.15) is 0 Å². The van der Waals surface area contributed by atoms with Crippen LogP contribution in [-0.4, -0.2) is 28.7 Å². The Labute approximate surface area is 102 Å². The Morgan fingerprint density at radius 2 is 2.00 bits per heavy atom. The van der Waals surface area contributed by atoms with Crippen molar-refractivity contribution in [3.63, 3.8) is 0 Å². The van der Waals surface area contributed by atoms with Gasteiger partial charge in [0.2, 0.25) is 10.0 Å². The first-order valence-electron chi connectivity index (χ1n) is 5.24. The number of anilines is 1. The maximum atomic E-state index is 12.1. The lowest BCUT2D eigenvalue weighted by molar-refractivity contribution is 0.204. The van der Waals surface area contributed by atoms with E-state index in [1.165, 1.54) is 7.11 Å². The second-order valence-electron chi connectivity index (χ2n) is 3.82. The Morgan fingerprint density at radius 3 is 2.59 bits per heavy atom. The van der Waals surface area contributed by atoms with E-state index in [1.807, 2.05) is 0 Å². The number of hydrogen-bond acceptors (Lipinski definition) is 4. The fraction of sp³-hybridized carbons (Fsp3) is 0.455. The standard InChI is InChI=1S/C11H18N2O3S/c1-8-4-5-10(12)9(2)11(8)17(14,15)13-6-7-16-3/h4-5,13H,6-7,12H2,1-3H3. The van der Waals surface area contributed by atoms with Gasteiger partial charge in [0, 0.05) is 19.3 Å². The first-order valence-corrected chi connectivity index (χ1v) is 6.72. The minimum absolute atomic E-state index is 0.243. The molecule has 0 radical (unpaired) electrons. The highest BCUT2D eigenvalue weighted by Gasteiger charge is 2.20. The summed E-state index contributed by atoms with van der Waals surface area (Å²) in [7, 11) is -2.01. The molecule has 1 rings (SSSR count). The van der Waals surface area contributed by atoms with Crippen molar-refractivity contribution in [1.29, 1.82) is 0 Å². The van der Waals surface area contributed by atoms with Crippen molar-refractivity contribution in [2.24, 2.45) is 0 Å². The maximum Gasteiger partial charge on any atom is 0.241 e. The van der Waals surface area contributed by atoms with Crippen molar-refractivity contribution < 1.29 is 13.2 Å². The number of nitrogens with one attached hydrogen (secondary N) is 1. The molecule has 0 aliphatic heterocycles. The van der Waals surface area contributed by atoms with Crippen LogP contribution in [0.4, 0.5) is 5.69 Å². The number of sulfonamides is 1. The average Bonchev–Trinajstić information content (AvgIpc) is 2.24. The summed E-state index contributed by atoms with van der Waals surface area (Å²) in [6.45, 7) is 4.02. The number of methoxy groups -OCH3 is 1. The monoisotopic (exact) mass is 258 g/mol. The van der Waals surface area contributed by atoms with E-state index in [-0.39, 0.29) is 11.4 Å². The summed E-state index contributed by atoms with van der Waals surface area (Å²) in [6, 6.07) is 3.41. The molecule has 3 N–H and O–H groups in total. The highest BCUT2D eigenvalue weighted by atomic mass is 32.2. The molecule has 0 aromatic heterocycles. The van der Waals surface area contributed by atoms with Gasteiger partial charge >= 0.3 is 0 Å². The Bertz CT molecular complexity index is 498. The lowest BCUT2D eigenvalue weighted by Crippen LogP contribution is -2.28. The Hall–Kier alpha value is -1.11. The highest BCUT2D eigenvalue weighted by molar-refractivity contribution is 7.89. The molecule has 0 saturated carbocycles. The van der Waals surface area contributed by atoms with Crippen molar-refractivity contribution in [1.82, 2.24) is 4.72 Å². The van der Waals surface area contributed by atoms with Crippen LogP contribution < -0.4 is 10.5 Å². The zero-order valence-electron chi connectivity index (χ0n) is 10.3. The van der Waals surface area contributed by atoms with Gasteiger partial charge in [-0.1, -0.05) is 6.07 Å². The van der Waals surface area contributed by atoms with Gasteiger partial charge < -0.3 is 10.5 Å². The minimum Gasteiger partial charge on any atom is -0.398 e. The van der Waals surface area contributed by atoms with E-state index in [4.69, 9.17) is 10.5 Å². The smallest absolute Gasteiger partial charge is 0.241 e. The van der Waals surface area contributed by atoms with Crippen molar-refractivity contribution in [2.45, 2.75) is 18.7 Å². The zero-order chi connectivity index (χ0) is 13.1. The Kier molecular flexibility index (Phi) is 4.50.